The van der Waals surface area contributed by atoms with Gasteiger partial charge in [-0.3, -0.25) is 4.79 Å². The van der Waals surface area contributed by atoms with Gasteiger partial charge in [-0.2, -0.15) is 5.26 Å². The molecule has 2 rings (SSSR count). The van der Waals surface area contributed by atoms with Gasteiger partial charge in [0.1, 0.15) is 11.8 Å². The zero-order chi connectivity index (χ0) is 14.0. The molecule has 2 atom stereocenters. The Kier molecular flexibility index (Phi) is 3.72. The van der Waals surface area contributed by atoms with Crippen LogP contribution in [0.4, 0.5) is 0 Å². The molecule has 1 aliphatic heterocycles. The Morgan fingerprint density at radius 2 is 2.32 bits per heavy atom. The van der Waals surface area contributed by atoms with E-state index in [-0.39, 0.29) is 18.6 Å². The number of carbonyl (C=O) groups excluding carboxylic acids is 1. The zero-order valence-corrected chi connectivity index (χ0v) is 11.0. The first kappa shape index (κ1) is 13.4. The van der Waals surface area contributed by atoms with Crippen LogP contribution in [-0.2, 0) is 0 Å². The number of ether oxygens (including phenoxy) is 1. The molecule has 0 aromatic heterocycles. The molecule has 0 radical (unpaired) electrons. The molecule has 0 saturated carbocycles. The standard InChI is InChI=1S/C14H16N2O3/c1-3-9(8-17)16-13(7-15)12-6-10(19-2)4-5-11(12)14(16)18/h4-6,9,13,17H,3,8H2,1-2H3. The number of fused-ring (bicyclic) bond motifs is 1. The summed E-state index contributed by atoms with van der Waals surface area (Å²) in [6.45, 7) is 1.73. The third-order valence-corrected chi connectivity index (χ3v) is 3.49. The Morgan fingerprint density at radius 1 is 1.58 bits per heavy atom. The molecular weight excluding hydrogens is 244 g/mol. The van der Waals surface area contributed by atoms with E-state index in [4.69, 9.17) is 4.74 Å². The van der Waals surface area contributed by atoms with Crippen molar-refractivity contribution in [2.24, 2.45) is 0 Å². The molecule has 5 nitrogen and oxygen atoms in total. The van der Waals surface area contributed by atoms with Crippen molar-refractivity contribution >= 4 is 5.91 Å². The third-order valence-electron chi connectivity index (χ3n) is 3.49. The number of aliphatic hydroxyl groups is 1. The summed E-state index contributed by atoms with van der Waals surface area (Å²) >= 11 is 0. The number of nitriles is 1. The fourth-order valence-corrected chi connectivity index (χ4v) is 2.42. The summed E-state index contributed by atoms with van der Waals surface area (Å²) in [7, 11) is 1.54. The number of nitrogens with zero attached hydrogens (tertiary/aromatic N) is 2. The molecule has 1 aliphatic rings. The highest BCUT2D eigenvalue weighted by atomic mass is 16.5. The van der Waals surface area contributed by atoms with Gasteiger partial charge < -0.3 is 14.7 Å². The van der Waals surface area contributed by atoms with Gasteiger partial charge in [-0.05, 0) is 24.6 Å². The molecule has 2 unspecified atom stereocenters. The SMILES string of the molecule is CCC(CO)N1C(=O)c2ccc(OC)cc2C1C#N. The minimum atomic E-state index is -0.658. The van der Waals surface area contributed by atoms with Crippen LogP contribution >= 0.6 is 0 Å². The van der Waals surface area contributed by atoms with Gasteiger partial charge in [0.25, 0.3) is 5.91 Å². The van der Waals surface area contributed by atoms with Gasteiger partial charge in [-0.15, -0.1) is 0 Å². The Balaban J connectivity index is 2.48. The lowest BCUT2D eigenvalue weighted by atomic mass is 10.0. The largest absolute Gasteiger partial charge is 0.497 e. The minimum Gasteiger partial charge on any atom is -0.497 e. The number of amides is 1. The second-order valence-electron chi connectivity index (χ2n) is 4.44. The Labute approximate surface area is 112 Å². The van der Waals surface area contributed by atoms with Crippen molar-refractivity contribution in [3.63, 3.8) is 0 Å². The van der Waals surface area contributed by atoms with E-state index in [0.29, 0.717) is 23.3 Å². The smallest absolute Gasteiger partial charge is 0.255 e. The number of benzene rings is 1. The quantitative estimate of drug-likeness (QED) is 0.890. The van der Waals surface area contributed by atoms with Gasteiger partial charge in [0.2, 0.25) is 0 Å². The Bertz CT molecular complexity index is 532. The first-order chi connectivity index (χ1) is 9.17. The molecule has 0 saturated heterocycles. The molecule has 19 heavy (non-hydrogen) atoms. The highest BCUT2D eigenvalue weighted by Gasteiger charge is 2.40. The highest BCUT2D eigenvalue weighted by Crippen LogP contribution is 2.37. The first-order valence-electron chi connectivity index (χ1n) is 6.19. The number of methoxy groups -OCH3 is 1. The van der Waals surface area contributed by atoms with Crippen molar-refractivity contribution in [1.82, 2.24) is 4.90 Å². The van der Waals surface area contributed by atoms with Crippen LogP contribution in [-0.4, -0.2) is 35.7 Å². The van der Waals surface area contributed by atoms with E-state index >= 15 is 0 Å². The van der Waals surface area contributed by atoms with Crippen LogP contribution in [0.1, 0.15) is 35.3 Å². The normalized spacial score (nSPS) is 18.9. The van der Waals surface area contributed by atoms with Gasteiger partial charge in [0, 0.05) is 11.1 Å². The molecule has 0 fully saturated rings. The molecule has 0 aliphatic carbocycles. The lowest BCUT2D eigenvalue weighted by molar-refractivity contribution is 0.0572. The number of hydrogen-bond donors (Lipinski definition) is 1. The van der Waals surface area contributed by atoms with Crippen LogP contribution < -0.4 is 4.74 Å². The lowest BCUT2D eigenvalue weighted by Gasteiger charge is -2.28. The topological polar surface area (TPSA) is 73.6 Å². The Morgan fingerprint density at radius 3 is 2.84 bits per heavy atom. The fraction of sp³-hybridized carbons (Fsp3) is 0.429. The fourth-order valence-electron chi connectivity index (χ4n) is 2.42. The van der Waals surface area contributed by atoms with Crippen molar-refractivity contribution < 1.29 is 14.6 Å². The van der Waals surface area contributed by atoms with E-state index in [0.717, 1.165) is 0 Å². The molecule has 100 valence electrons. The average molecular weight is 260 g/mol. The van der Waals surface area contributed by atoms with Crippen molar-refractivity contribution in [3.8, 4) is 11.8 Å². The molecular formula is C14H16N2O3. The van der Waals surface area contributed by atoms with E-state index < -0.39 is 6.04 Å². The van der Waals surface area contributed by atoms with E-state index in [1.807, 2.05) is 6.92 Å². The summed E-state index contributed by atoms with van der Waals surface area (Å²) in [4.78, 5) is 13.8. The van der Waals surface area contributed by atoms with Gasteiger partial charge in [-0.1, -0.05) is 6.92 Å². The van der Waals surface area contributed by atoms with Crippen LogP contribution in [0.3, 0.4) is 0 Å². The summed E-state index contributed by atoms with van der Waals surface area (Å²) in [5.74, 6) is 0.413. The van der Waals surface area contributed by atoms with E-state index in [9.17, 15) is 15.2 Å². The second kappa shape index (κ2) is 5.29. The summed E-state index contributed by atoms with van der Waals surface area (Å²) < 4.78 is 5.13. The molecule has 1 amide bonds. The highest BCUT2D eigenvalue weighted by molar-refractivity contribution is 6.00. The van der Waals surface area contributed by atoms with Crippen molar-refractivity contribution in [2.45, 2.75) is 25.4 Å². The summed E-state index contributed by atoms with van der Waals surface area (Å²) in [5.41, 5.74) is 1.16. The summed E-state index contributed by atoms with van der Waals surface area (Å²) in [6.07, 6.45) is 0.603. The van der Waals surface area contributed by atoms with Crippen molar-refractivity contribution in [3.05, 3.63) is 29.3 Å². The number of hydrogen-bond acceptors (Lipinski definition) is 4. The second-order valence-corrected chi connectivity index (χ2v) is 4.44. The number of carbonyl (C=O) groups is 1. The van der Waals surface area contributed by atoms with Crippen LogP contribution in [0.2, 0.25) is 0 Å². The van der Waals surface area contributed by atoms with E-state index in [2.05, 4.69) is 6.07 Å². The number of aliphatic hydroxyl groups excluding tert-OH is 1. The predicted octanol–water partition coefficient (Wildman–Crippen LogP) is 1.49. The molecule has 1 aromatic carbocycles. The summed E-state index contributed by atoms with van der Waals surface area (Å²) in [6, 6.07) is 6.23. The van der Waals surface area contributed by atoms with Crippen molar-refractivity contribution in [1.29, 1.82) is 5.26 Å². The predicted molar refractivity (Wildman–Crippen MR) is 68.7 cm³/mol. The summed E-state index contributed by atoms with van der Waals surface area (Å²) in [5, 5.41) is 18.7. The van der Waals surface area contributed by atoms with Gasteiger partial charge in [-0.25, -0.2) is 0 Å². The molecule has 1 N–H and O–H groups in total. The van der Waals surface area contributed by atoms with Crippen LogP contribution in [0, 0.1) is 11.3 Å². The van der Waals surface area contributed by atoms with Crippen LogP contribution in [0.5, 0.6) is 5.75 Å². The molecule has 0 bridgehead atoms. The Hall–Kier alpha value is -2.06. The molecule has 1 aromatic rings. The van der Waals surface area contributed by atoms with Crippen molar-refractivity contribution in [2.75, 3.05) is 13.7 Å². The maximum atomic E-state index is 12.3. The van der Waals surface area contributed by atoms with Crippen LogP contribution in [0.25, 0.3) is 0 Å². The average Bonchev–Trinajstić information content (AvgIpc) is 2.73. The van der Waals surface area contributed by atoms with Crippen LogP contribution in [0.15, 0.2) is 18.2 Å². The van der Waals surface area contributed by atoms with E-state index in [1.165, 1.54) is 4.90 Å². The number of rotatable bonds is 4. The maximum absolute atomic E-state index is 12.3. The minimum absolute atomic E-state index is 0.147. The monoisotopic (exact) mass is 260 g/mol. The van der Waals surface area contributed by atoms with E-state index in [1.54, 1.807) is 25.3 Å². The lowest BCUT2D eigenvalue weighted by Crippen LogP contribution is -2.39. The van der Waals surface area contributed by atoms with Gasteiger partial charge in [0.05, 0.1) is 25.8 Å². The first-order valence-corrected chi connectivity index (χ1v) is 6.19. The molecule has 5 heteroatoms. The third kappa shape index (κ3) is 2.04. The van der Waals surface area contributed by atoms with Gasteiger partial charge >= 0.3 is 0 Å². The van der Waals surface area contributed by atoms with Gasteiger partial charge in [0.15, 0.2) is 0 Å². The molecule has 1 heterocycles. The molecule has 0 spiro atoms. The maximum Gasteiger partial charge on any atom is 0.255 e. The zero-order valence-electron chi connectivity index (χ0n) is 11.0.